The summed E-state index contributed by atoms with van der Waals surface area (Å²) in [4.78, 5) is 44.7. The maximum atomic E-state index is 10.9. The van der Waals surface area contributed by atoms with Crippen molar-refractivity contribution in [2.75, 3.05) is 35.8 Å². The van der Waals surface area contributed by atoms with E-state index in [1.165, 1.54) is 0 Å². The molecule has 3 aromatic rings. The van der Waals surface area contributed by atoms with Crippen LogP contribution in [0.4, 0.5) is 31.6 Å². The van der Waals surface area contributed by atoms with E-state index in [2.05, 4.69) is 30.9 Å². The number of hydrogen-bond acceptors (Lipinski definition) is 9. The highest BCUT2D eigenvalue weighted by atomic mass is 16.6. The topological polar surface area (TPSA) is 154 Å². The molecule has 0 unspecified atom stereocenters. The molecule has 0 atom stereocenters. The summed E-state index contributed by atoms with van der Waals surface area (Å²) in [6.45, 7) is 1.25. The molecule has 6 heterocycles. The maximum absolute atomic E-state index is 10.9. The Morgan fingerprint density at radius 1 is 0.639 bits per heavy atom. The van der Waals surface area contributed by atoms with Crippen LogP contribution in [0.5, 0.6) is 0 Å². The summed E-state index contributed by atoms with van der Waals surface area (Å²) < 4.78 is 14.4. The van der Waals surface area contributed by atoms with Crippen molar-refractivity contribution in [2.45, 2.75) is 19.3 Å². The summed E-state index contributed by atoms with van der Waals surface area (Å²) in [5, 5.41) is 7.75. The molecule has 0 aliphatic carbocycles. The number of nitrogens with one attached hydrogen (secondary N) is 3. The molecule has 0 saturated heterocycles. The lowest BCUT2D eigenvalue weighted by Crippen LogP contribution is -2.12. The molecule has 0 saturated carbocycles. The first-order valence-electron chi connectivity index (χ1n) is 11.2. The summed E-state index contributed by atoms with van der Waals surface area (Å²) in [5.41, 5.74) is 4.46. The highest BCUT2D eigenvalue weighted by molar-refractivity contribution is 5.86. The largest absolute Gasteiger partial charge is 0.449 e. The molecule has 6 rings (SSSR count). The van der Waals surface area contributed by atoms with Crippen LogP contribution in [-0.2, 0) is 33.5 Å². The third kappa shape index (κ3) is 6.88. The van der Waals surface area contributed by atoms with Crippen molar-refractivity contribution in [3.05, 3.63) is 71.9 Å². The summed E-state index contributed by atoms with van der Waals surface area (Å²) in [6.07, 6.45) is 7.60. The van der Waals surface area contributed by atoms with E-state index in [1.54, 1.807) is 30.9 Å². The minimum Gasteiger partial charge on any atom is -0.449 e. The van der Waals surface area contributed by atoms with E-state index in [0.29, 0.717) is 32.1 Å². The Morgan fingerprint density at radius 2 is 1.28 bits per heavy atom. The van der Waals surface area contributed by atoms with Crippen molar-refractivity contribution in [1.29, 1.82) is 0 Å². The molecule has 0 aromatic carbocycles. The van der Waals surface area contributed by atoms with Gasteiger partial charge < -0.3 is 14.2 Å². The lowest BCUT2D eigenvalue weighted by Gasteiger charge is -2.01. The molecule has 186 valence electrons. The third-order valence-electron chi connectivity index (χ3n) is 5.17. The molecular weight excluding hydrogens is 468 g/mol. The Labute approximate surface area is 206 Å². The lowest BCUT2D eigenvalue weighted by molar-refractivity contribution is 0.164. The van der Waals surface area contributed by atoms with E-state index in [4.69, 9.17) is 14.2 Å². The van der Waals surface area contributed by atoms with Gasteiger partial charge in [-0.3, -0.25) is 25.9 Å². The number of anilines is 3. The number of pyridine rings is 3. The molecule has 36 heavy (non-hydrogen) atoms. The van der Waals surface area contributed by atoms with E-state index in [1.807, 2.05) is 24.3 Å². The maximum Gasteiger partial charge on any atom is 0.412 e. The Hall–Kier alpha value is -4.74. The van der Waals surface area contributed by atoms with Crippen molar-refractivity contribution >= 4 is 35.5 Å². The molecule has 12 heteroatoms. The van der Waals surface area contributed by atoms with E-state index < -0.39 is 18.3 Å². The quantitative estimate of drug-likeness (QED) is 0.400. The Kier molecular flexibility index (Phi) is 8.20. The highest BCUT2D eigenvalue weighted by Crippen LogP contribution is 2.17. The number of fused-ring (bicyclic) bond motifs is 3. The summed E-state index contributed by atoms with van der Waals surface area (Å²) in [6, 6.07) is 9.25. The third-order valence-corrected chi connectivity index (χ3v) is 5.17. The number of cyclic esters (lactones) is 3. The number of amides is 3. The van der Waals surface area contributed by atoms with Gasteiger partial charge in [0, 0.05) is 37.9 Å². The second-order valence-corrected chi connectivity index (χ2v) is 7.57. The molecule has 3 aliphatic heterocycles. The average molecular weight is 492 g/mol. The summed E-state index contributed by atoms with van der Waals surface area (Å²) >= 11 is 0. The second-order valence-electron chi connectivity index (χ2n) is 7.57. The van der Waals surface area contributed by atoms with Gasteiger partial charge >= 0.3 is 18.3 Å². The number of nitrogens with zero attached hydrogens (tertiary/aromatic N) is 3. The minimum absolute atomic E-state index is 0.399. The van der Waals surface area contributed by atoms with Crippen molar-refractivity contribution < 1.29 is 28.6 Å². The van der Waals surface area contributed by atoms with Gasteiger partial charge in [-0.05, 0) is 35.4 Å². The van der Waals surface area contributed by atoms with Gasteiger partial charge in [-0.1, -0.05) is 6.07 Å². The van der Waals surface area contributed by atoms with Crippen LogP contribution in [0, 0.1) is 0 Å². The van der Waals surface area contributed by atoms with Crippen LogP contribution in [0.25, 0.3) is 0 Å². The fraction of sp³-hybridized carbons (Fsp3) is 0.250. The molecule has 3 aromatic heterocycles. The molecule has 0 radical (unpaired) electrons. The van der Waals surface area contributed by atoms with E-state index >= 15 is 0 Å². The van der Waals surface area contributed by atoms with Crippen molar-refractivity contribution in [1.82, 2.24) is 15.0 Å². The highest BCUT2D eigenvalue weighted by Gasteiger charge is 2.14. The first kappa shape index (κ1) is 24.4. The van der Waals surface area contributed by atoms with Crippen LogP contribution in [0.2, 0.25) is 0 Å². The Morgan fingerprint density at radius 3 is 2.08 bits per heavy atom. The van der Waals surface area contributed by atoms with Crippen LogP contribution in [-0.4, -0.2) is 53.1 Å². The first-order valence-corrected chi connectivity index (χ1v) is 11.2. The molecule has 0 fully saturated rings. The van der Waals surface area contributed by atoms with Gasteiger partial charge in [-0.2, -0.15) is 0 Å². The van der Waals surface area contributed by atoms with Crippen LogP contribution in [0.1, 0.15) is 16.8 Å². The predicted octanol–water partition coefficient (Wildman–Crippen LogP) is 3.56. The average Bonchev–Trinajstić information content (AvgIpc) is 3.28. The molecule has 0 bridgehead atoms. The molecule has 12 nitrogen and oxygen atoms in total. The van der Waals surface area contributed by atoms with Gasteiger partial charge in [0.1, 0.15) is 5.82 Å². The van der Waals surface area contributed by atoms with E-state index in [-0.39, 0.29) is 0 Å². The monoisotopic (exact) mass is 492 g/mol. The first-order chi connectivity index (χ1) is 17.6. The van der Waals surface area contributed by atoms with E-state index in [0.717, 1.165) is 41.0 Å². The molecular formula is C24H24N6O6. The normalized spacial score (nSPS) is 15.5. The van der Waals surface area contributed by atoms with Gasteiger partial charge in [-0.25, -0.2) is 19.4 Å². The van der Waals surface area contributed by atoms with Gasteiger partial charge in [0.15, 0.2) is 0 Å². The SMILES string of the molecule is O=C1Nc2cccnc2CCO1.O=C1Nc2cnccc2CCO1.O=C1Nc2ncccc2CCO1. The molecule has 3 aliphatic rings. The number of carbonyl (C=O) groups is 3. The fourth-order valence-electron chi connectivity index (χ4n) is 3.43. The zero-order valence-corrected chi connectivity index (χ0v) is 19.2. The minimum atomic E-state index is -0.424. The molecule has 3 amide bonds. The van der Waals surface area contributed by atoms with Crippen LogP contribution in [0.15, 0.2) is 55.1 Å². The summed E-state index contributed by atoms with van der Waals surface area (Å²) in [7, 11) is 0. The number of hydrogen-bond donors (Lipinski definition) is 3. The Bertz CT molecular complexity index is 1090. The smallest absolute Gasteiger partial charge is 0.412 e. The van der Waals surface area contributed by atoms with Crippen LogP contribution in [0.3, 0.4) is 0 Å². The number of rotatable bonds is 0. The summed E-state index contributed by atoms with van der Waals surface area (Å²) in [5.74, 6) is 0.611. The Balaban J connectivity index is 0.000000127. The predicted molar refractivity (Wildman–Crippen MR) is 129 cm³/mol. The van der Waals surface area contributed by atoms with Gasteiger partial charge in [0.25, 0.3) is 0 Å². The van der Waals surface area contributed by atoms with Crippen molar-refractivity contribution in [2.24, 2.45) is 0 Å². The lowest BCUT2D eigenvalue weighted by atomic mass is 10.2. The standard InChI is InChI=1S/3C8H8N2O2/c11-8-10-7-5-9-3-1-6(7)2-4-12-8;11-8-10-7-2-1-4-9-6(7)3-5-12-8;11-8-10-7-6(3-5-12-8)2-1-4-9-7/h1,3,5H,2,4H2,(H,10,11);1-2,4H,3,5H2,(H,10,11);1-2,4H,3,5H2,(H,9,10,11). The van der Waals surface area contributed by atoms with E-state index in [9.17, 15) is 14.4 Å². The van der Waals surface area contributed by atoms with Crippen LogP contribution >= 0.6 is 0 Å². The van der Waals surface area contributed by atoms with Crippen LogP contribution < -0.4 is 16.0 Å². The zero-order chi connectivity index (χ0) is 25.2. The number of ether oxygens (including phenoxy) is 3. The van der Waals surface area contributed by atoms with Crippen molar-refractivity contribution in [3.8, 4) is 0 Å². The fourth-order valence-corrected chi connectivity index (χ4v) is 3.43. The molecule has 3 N–H and O–H groups in total. The molecule has 0 spiro atoms. The number of carbonyl (C=O) groups excluding carboxylic acids is 3. The number of aromatic nitrogens is 3. The van der Waals surface area contributed by atoms with Crippen molar-refractivity contribution in [3.63, 3.8) is 0 Å². The van der Waals surface area contributed by atoms with Gasteiger partial charge in [0.2, 0.25) is 0 Å². The second kappa shape index (κ2) is 12.1. The van der Waals surface area contributed by atoms with Gasteiger partial charge in [-0.15, -0.1) is 0 Å². The van der Waals surface area contributed by atoms with Gasteiger partial charge in [0.05, 0.1) is 43.1 Å². The zero-order valence-electron chi connectivity index (χ0n) is 19.2.